The van der Waals surface area contributed by atoms with Crippen LogP contribution in [0, 0.1) is 12.7 Å². The molecule has 0 aliphatic heterocycles. The molecule has 0 spiro atoms. The van der Waals surface area contributed by atoms with Crippen molar-refractivity contribution in [2.45, 2.75) is 13.3 Å². The van der Waals surface area contributed by atoms with E-state index >= 15 is 0 Å². The Labute approximate surface area is 105 Å². The summed E-state index contributed by atoms with van der Waals surface area (Å²) in [6.07, 6.45) is 2.49. The zero-order valence-corrected chi connectivity index (χ0v) is 10.1. The minimum Gasteiger partial charge on any atom is -0.304 e. The molecule has 0 fully saturated rings. The van der Waals surface area contributed by atoms with Gasteiger partial charge in [0, 0.05) is 18.3 Å². The van der Waals surface area contributed by atoms with Crippen molar-refractivity contribution in [2.75, 3.05) is 0 Å². The summed E-state index contributed by atoms with van der Waals surface area (Å²) in [6.45, 7) is 2.03. The first kappa shape index (κ1) is 11.0. The Morgan fingerprint density at radius 2 is 1.94 bits per heavy atom. The van der Waals surface area contributed by atoms with Gasteiger partial charge in [0.2, 0.25) is 0 Å². The summed E-state index contributed by atoms with van der Waals surface area (Å²) in [5.74, 6) is -0.175. The van der Waals surface area contributed by atoms with Crippen molar-refractivity contribution in [3.8, 4) is 0 Å². The number of pyridine rings is 1. The Morgan fingerprint density at radius 1 is 1.11 bits per heavy atom. The molecule has 0 N–H and O–H groups in total. The van der Waals surface area contributed by atoms with Crippen molar-refractivity contribution >= 4 is 5.65 Å². The lowest BCUT2D eigenvalue weighted by molar-refractivity contribution is 0.613. The first-order chi connectivity index (χ1) is 8.74. The molecule has 2 aromatic heterocycles. The van der Waals surface area contributed by atoms with Crippen LogP contribution in [0.1, 0.15) is 17.0 Å². The fourth-order valence-electron chi connectivity index (χ4n) is 2.12. The van der Waals surface area contributed by atoms with Crippen LogP contribution in [0.25, 0.3) is 5.65 Å². The predicted octanol–water partition coefficient (Wildman–Crippen LogP) is 3.37. The zero-order valence-electron chi connectivity index (χ0n) is 10.1. The van der Waals surface area contributed by atoms with Crippen LogP contribution in [0.4, 0.5) is 4.39 Å². The maximum absolute atomic E-state index is 13.6. The summed E-state index contributed by atoms with van der Waals surface area (Å²) < 4.78 is 15.6. The van der Waals surface area contributed by atoms with Crippen molar-refractivity contribution in [1.29, 1.82) is 0 Å². The summed E-state index contributed by atoms with van der Waals surface area (Å²) in [4.78, 5) is 4.51. The van der Waals surface area contributed by atoms with Gasteiger partial charge < -0.3 is 4.40 Å². The molecule has 1 aromatic carbocycles. The van der Waals surface area contributed by atoms with E-state index in [0.717, 1.165) is 17.0 Å². The normalized spacial score (nSPS) is 11.0. The molecular weight excluding hydrogens is 227 g/mol. The molecule has 0 aliphatic carbocycles. The van der Waals surface area contributed by atoms with Gasteiger partial charge in [0.1, 0.15) is 11.5 Å². The molecular formula is C15H13FN2. The van der Waals surface area contributed by atoms with Crippen molar-refractivity contribution in [3.05, 3.63) is 71.4 Å². The van der Waals surface area contributed by atoms with Crippen molar-refractivity contribution < 1.29 is 4.39 Å². The number of aromatic nitrogens is 2. The average Bonchev–Trinajstić information content (AvgIpc) is 2.76. The third kappa shape index (κ3) is 1.88. The Kier molecular flexibility index (Phi) is 2.59. The summed E-state index contributed by atoms with van der Waals surface area (Å²) >= 11 is 0. The number of fused-ring (bicyclic) bond motifs is 1. The fraction of sp³-hybridized carbons (Fsp3) is 0.133. The molecule has 0 amide bonds. The highest BCUT2D eigenvalue weighted by Crippen LogP contribution is 2.14. The van der Waals surface area contributed by atoms with E-state index < -0.39 is 0 Å². The Morgan fingerprint density at radius 3 is 2.72 bits per heavy atom. The minimum absolute atomic E-state index is 0.175. The van der Waals surface area contributed by atoms with E-state index in [2.05, 4.69) is 4.98 Å². The summed E-state index contributed by atoms with van der Waals surface area (Å²) in [6, 6.07) is 12.8. The highest BCUT2D eigenvalue weighted by Gasteiger charge is 2.06. The van der Waals surface area contributed by atoms with Crippen molar-refractivity contribution in [1.82, 2.24) is 9.38 Å². The highest BCUT2D eigenvalue weighted by molar-refractivity contribution is 5.42. The molecule has 0 radical (unpaired) electrons. The molecule has 0 aliphatic rings. The van der Waals surface area contributed by atoms with Crippen LogP contribution in [0.2, 0.25) is 0 Å². The molecule has 3 aromatic rings. The predicted molar refractivity (Wildman–Crippen MR) is 69.1 cm³/mol. The molecule has 0 unspecified atom stereocenters. The summed E-state index contributed by atoms with van der Waals surface area (Å²) in [5, 5.41) is 0. The van der Waals surface area contributed by atoms with Gasteiger partial charge in [-0.2, -0.15) is 0 Å². The number of benzene rings is 1. The van der Waals surface area contributed by atoms with Gasteiger partial charge in [0.05, 0.1) is 5.69 Å². The van der Waals surface area contributed by atoms with Gasteiger partial charge >= 0.3 is 0 Å². The van der Waals surface area contributed by atoms with E-state index in [0.29, 0.717) is 12.0 Å². The molecule has 0 atom stereocenters. The summed E-state index contributed by atoms with van der Waals surface area (Å²) in [5.41, 5.74) is 3.59. The van der Waals surface area contributed by atoms with Gasteiger partial charge in [-0.05, 0) is 30.7 Å². The summed E-state index contributed by atoms with van der Waals surface area (Å²) in [7, 11) is 0. The molecule has 90 valence electrons. The SMILES string of the molecule is Cc1cccc2nc(Cc3ccccc3F)cn12. The van der Waals surface area contributed by atoms with Gasteiger partial charge in [-0.3, -0.25) is 0 Å². The number of hydrogen-bond acceptors (Lipinski definition) is 1. The number of aryl methyl sites for hydroxylation is 1. The van der Waals surface area contributed by atoms with Crippen LogP contribution in [-0.2, 0) is 6.42 Å². The standard InChI is InChI=1S/C15H13FN2/c1-11-5-4-8-15-17-13(10-18(11)15)9-12-6-2-3-7-14(12)16/h2-8,10H,9H2,1H3. The molecule has 0 saturated heterocycles. The second-order valence-electron chi connectivity index (χ2n) is 4.40. The van der Waals surface area contributed by atoms with Gasteiger partial charge in [0.25, 0.3) is 0 Å². The first-order valence-electron chi connectivity index (χ1n) is 5.91. The Hall–Kier alpha value is -2.16. The van der Waals surface area contributed by atoms with E-state index in [-0.39, 0.29) is 5.82 Å². The molecule has 0 bridgehead atoms. The quantitative estimate of drug-likeness (QED) is 0.671. The van der Waals surface area contributed by atoms with Gasteiger partial charge in [-0.15, -0.1) is 0 Å². The number of rotatable bonds is 2. The fourth-order valence-corrected chi connectivity index (χ4v) is 2.12. The molecule has 0 saturated carbocycles. The molecule has 18 heavy (non-hydrogen) atoms. The number of halogens is 1. The van der Waals surface area contributed by atoms with Crippen LogP contribution in [0.3, 0.4) is 0 Å². The van der Waals surface area contributed by atoms with Crippen molar-refractivity contribution in [2.24, 2.45) is 0 Å². The van der Waals surface area contributed by atoms with Crippen LogP contribution < -0.4 is 0 Å². The van der Waals surface area contributed by atoms with E-state index in [4.69, 9.17) is 0 Å². The third-order valence-corrected chi connectivity index (χ3v) is 3.08. The highest BCUT2D eigenvalue weighted by atomic mass is 19.1. The van der Waals surface area contributed by atoms with Crippen LogP contribution >= 0.6 is 0 Å². The third-order valence-electron chi connectivity index (χ3n) is 3.08. The van der Waals surface area contributed by atoms with Gasteiger partial charge in [-0.1, -0.05) is 24.3 Å². The van der Waals surface area contributed by atoms with Gasteiger partial charge in [-0.25, -0.2) is 9.37 Å². The zero-order chi connectivity index (χ0) is 12.5. The number of hydrogen-bond donors (Lipinski definition) is 0. The maximum Gasteiger partial charge on any atom is 0.137 e. The van der Waals surface area contributed by atoms with Crippen LogP contribution in [0.5, 0.6) is 0 Å². The topological polar surface area (TPSA) is 17.3 Å². The second kappa shape index (κ2) is 4.26. The number of imidazole rings is 1. The van der Waals surface area contributed by atoms with E-state index in [1.165, 1.54) is 6.07 Å². The van der Waals surface area contributed by atoms with E-state index in [1.54, 1.807) is 12.1 Å². The lowest BCUT2D eigenvalue weighted by Gasteiger charge is -1.99. The minimum atomic E-state index is -0.175. The van der Waals surface area contributed by atoms with Crippen LogP contribution in [0.15, 0.2) is 48.7 Å². The molecule has 3 rings (SSSR count). The van der Waals surface area contributed by atoms with E-state index in [1.807, 2.05) is 41.8 Å². The number of nitrogens with zero attached hydrogens (tertiary/aromatic N) is 2. The second-order valence-corrected chi connectivity index (χ2v) is 4.40. The van der Waals surface area contributed by atoms with Gasteiger partial charge in [0.15, 0.2) is 0 Å². The first-order valence-corrected chi connectivity index (χ1v) is 5.91. The van der Waals surface area contributed by atoms with Crippen molar-refractivity contribution in [3.63, 3.8) is 0 Å². The maximum atomic E-state index is 13.6. The average molecular weight is 240 g/mol. The molecule has 2 heterocycles. The largest absolute Gasteiger partial charge is 0.304 e. The smallest absolute Gasteiger partial charge is 0.137 e. The van der Waals surface area contributed by atoms with E-state index in [9.17, 15) is 4.39 Å². The molecule has 3 heteroatoms. The Balaban J connectivity index is 2.01. The lowest BCUT2D eigenvalue weighted by Crippen LogP contribution is -1.92. The lowest BCUT2D eigenvalue weighted by atomic mass is 10.1. The monoisotopic (exact) mass is 240 g/mol. The van der Waals surface area contributed by atoms with Crippen LogP contribution in [-0.4, -0.2) is 9.38 Å². The Bertz CT molecular complexity index is 701. The molecule has 2 nitrogen and oxygen atoms in total.